The Kier molecular flexibility index (Phi) is 5.71. The van der Waals surface area contributed by atoms with Crippen LogP contribution in [-0.2, 0) is 11.3 Å². The smallest absolute Gasteiger partial charge is 0.264 e. The predicted octanol–water partition coefficient (Wildman–Crippen LogP) is 3.41. The van der Waals surface area contributed by atoms with Gasteiger partial charge < -0.3 is 9.80 Å². The number of amides is 3. The molecule has 0 spiro atoms. The summed E-state index contributed by atoms with van der Waals surface area (Å²) in [6.45, 7) is 5.46. The molecule has 7 nitrogen and oxygen atoms in total. The average molecular weight is 453 g/mol. The summed E-state index contributed by atoms with van der Waals surface area (Å²) in [5.74, 6) is 0.186. The van der Waals surface area contributed by atoms with E-state index < -0.39 is 0 Å². The van der Waals surface area contributed by atoms with Crippen LogP contribution in [0.25, 0.3) is 0 Å². The summed E-state index contributed by atoms with van der Waals surface area (Å²) in [5, 5.41) is 2.58. The molecule has 168 valence electrons. The van der Waals surface area contributed by atoms with Gasteiger partial charge in [0.05, 0.1) is 29.3 Å². The van der Waals surface area contributed by atoms with Crippen LogP contribution in [0.5, 0.6) is 0 Å². The maximum atomic E-state index is 13.3. The van der Waals surface area contributed by atoms with Crippen molar-refractivity contribution >= 4 is 34.7 Å². The first kappa shape index (κ1) is 21.1. The maximum Gasteiger partial charge on any atom is 0.264 e. The van der Waals surface area contributed by atoms with Crippen molar-refractivity contribution in [1.82, 2.24) is 14.8 Å². The number of aromatic nitrogens is 1. The van der Waals surface area contributed by atoms with Crippen molar-refractivity contribution in [2.45, 2.75) is 39.2 Å². The van der Waals surface area contributed by atoms with Crippen LogP contribution >= 0.6 is 11.3 Å². The predicted molar refractivity (Wildman–Crippen MR) is 123 cm³/mol. The second-order valence-corrected chi connectivity index (χ2v) is 10.1. The fraction of sp³-hybridized carbons (Fsp3) is 0.500. The van der Waals surface area contributed by atoms with Crippen molar-refractivity contribution in [2.24, 2.45) is 11.8 Å². The lowest BCUT2D eigenvalue weighted by molar-refractivity contribution is -0.137. The number of nitrogens with zero attached hydrogens (tertiary/aromatic N) is 4. The monoisotopic (exact) mass is 452 g/mol. The summed E-state index contributed by atoms with van der Waals surface area (Å²) in [5.41, 5.74) is 1.68. The van der Waals surface area contributed by atoms with E-state index in [0.717, 1.165) is 49.6 Å². The van der Waals surface area contributed by atoms with Crippen LogP contribution in [0.2, 0.25) is 0 Å². The minimum absolute atomic E-state index is 0.0662. The largest absolute Gasteiger partial charge is 0.370 e. The van der Waals surface area contributed by atoms with Crippen molar-refractivity contribution in [3.8, 4) is 0 Å². The third kappa shape index (κ3) is 3.81. The number of hydrogen-bond acceptors (Lipinski definition) is 6. The summed E-state index contributed by atoms with van der Waals surface area (Å²) >= 11 is 1.43. The van der Waals surface area contributed by atoms with Crippen molar-refractivity contribution in [2.75, 3.05) is 31.1 Å². The minimum Gasteiger partial charge on any atom is -0.370 e. The van der Waals surface area contributed by atoms with Crippen LogP contribution < -0.4 is 4.90 Å². The van der Waals surface area contributed by atoms with Crippen molar-refractivity contribution in [1.29, 1.82) is 0 Å². The van der Waals surface area contributed by atoms with Gasteiger partial charge in [0.25, 0.3) is 11.8 Å². The molecule has 0 saturated carbocycles. The Hall–Kier alpha value is -2.74. The molecule has 2 atom stereocenters. The number of benzene rings is 1. The standard InChI is InChI=1S/C24H28N4O3S/c1-16-5-3-11-27(13-16)22(29)17-6-4-10-26(14-17)19-8-2-7-18-21(19)24(31)28(23(18)30)15-20-25-9-12-32-20/h2,7-9,12,16-17H,3-6,10-11,13-15H2,1H3/t16-,17-/m0/s1. The van der Waals surface area contributed by atoms with E-state index in [2.05, 4.69) is 16.8 Å². The molecule has 3 aliphatic heterocycles. The molecule has 2 fully saturated rings. The van der Waals surface area contributed by atoms with Gasteiger partial charge in [-0.25, -0.2) is 4.98 Å². The molecule has 32 heavy (non-hydrogen) atoms. The van der Waals surface area contributed by atoms with Gasteiger partial charge in [0.1, 0.15) is 5.01 Å². The summed E-state index contributed by atoms with van der Waals surface area (Å²) in [6, 6.07) is 5.47. The molecule has 4 heterocycles. The fourth-order valence-corrected chi connectivity index (χ4v) is 5.84. The van der Waals surface area contributed by atoms with Crippen LogP contribution in [-0.4, -0.2) is 58.7 Å². The van der Waals surface area contributed by atoms with E-state index >= 15 is 0 Å². The number of rotatable bonds is 4. The SMILES string of the molecule is C[C@H]1CCCN(C(=O)[C@H]2CCCN(c3cccc4c3C(=O)N(Cc3nccs3)C4=O)C2)C1. The molecule has 5 rings (SSSR count). The molecule has 0 N–H and O–H groups in total. The molecule has 2 aromatic rings. The Morgan fingerprint density at radius 2 is 1.97 bits per heavy atom. The summed E-state index contributed by atoms with van der Waals surface area (Å²) in [7, 11) is 0. The van der Waals surface area contributed by atoms with Crippen LogP contribution in [0.3, 0.4) is 0 Å². The lowest BCUT2D eigenvalue weighted by Crippen LogP contribution is -2.48. The van der Waals surface area contributed by atoms with Crippen LogP contribution in [0.1, 0.15) is 58.3 Å². The highest BCUT2D eigenvalue weighted by atomic mass is 32.1. The van der Waals surface area contributed by atoms with Crippen LogP contribution in [0, 0.1) is 11.8 Å². The first-order valence-electron chi connectivity index (χ1n) is 11.4. The highest BCUT2D eigenvalue weighted by Gasteiger charge is 2.40. The second kappa shape index (κ2) is 8.65. The molecule has 2 saturated heterocycles. The lowest BCUT2D eigenvalue weighted by atomic mass is 9.93. The number of fused-ring (bicyclic) bond motifs is 1. The lowest BCUT2D eigenvalue weighted by Gasteiger charge is -2.38. The Morgan fingerprint density at radius 1 is 1.12 bits per heavy atom. The third-order valence-electron chi connectivity index (χ3n) is 6.83. The Bertz CT molecular complexity index is 1040. The van der Waals surface area contributed by atoms with E-state index in [4.69, 9.17) is 0 Å². The van der Waals surface area contributed by atoms with Gasteiger partial charge in [-0.1, -0.05) is 13.0 Å². The van der Waals surface area contributed by atoms with E-state index in [1.54, 1.807) is 12.3 Å². The molecule has 0 aliphatic carbocycles. The number of carbonyl (C=O) groups is 3. The number of piperidine rings is 2. The van der Waals surface area contributed by atoms with Crippen LogP contribution in [0.4, 0.5) is 5.69 Å². The molecule has 1 aromatic heterocycles. The Balaban J connectivity index is 1.37. The molecule has 8 heteroatoms. The molecule has 1 aromatic carbocycles. The normalized spacial score (nSPS) is 23.6. The molecule has 0 bridgehead atoms. The van der Waals surface area contributed by atoms with Gasteiger partial charge in [-0.3, -0.25) is 19.3 Å². The second-order valence-electron chi connectivity index (χ2n) is 9.14. The van der Waals surface area contributed by atoms with Crippen molar-refractivity contribution in [3.63, 3.8) is 0 Å². The number of carbonyl (C=O) groups excluding carboxylic acids is 3. The van der Waals surface area contributed by atoms with E-state index in [0.29, 0.717) is 23.6 Å². The van der Waals surface area contributed by atoms with E-state index in [-0.39, 0.29) is 30.2 Å². The molecule has 0 unspecified atom stereocenters. The zero-order chi connectivity index (χ0) is 22.2. The zero-order valence-electron chi connectivity index (χ0n) is 18.3. The first-order valence-corrected chi connectivity index (χ1v) is 12.3. The highest BCUT2D eigenvalue weighted by molar-refractivity contribution is 7.09. The van der Waals surface area contributed by atoms with E-state index in [9.17, 15) is 14.4 Å². The molecular formula is C24H28N4O3S. The number of anilines is 1. The Labute approximate surface area is 192 Å². The maximum absolute atomic E-state index is 13.3. The molecular weight excluding hydrogens is 424 g/mol. The molecule has 3 amide bonds. The van der Waals surface area contributed by atoms with Gasteiger partial charge in [0.2, 0.25) is 5.91 Å². The summed E-state index contributed by atoms with van der Waals surface area (Å²) in [4.78, 5) is 49.2. The van der Waals surface area contributed by atoms with Crippen molar-refractivity contribution < 1.29 is 14.4 Å². The number of thiazole rings is 1. The topological polar surface area (TPSA) is 73.8 Å². The van der Waals surface area contributed by atoms with E-state index in [1.807, 2.05) is 22.4 Å². The zero-order valence-corrected chi connectivity index (χ0v) is 19.1. The number of likely N-dealkylation sites (tertiary alicyclic amines) is 1. The van der Waals surface area contributed by atoms with Gasteiger partial charge >= 0.3 is 0 Å². The number of imide groups is 1. The van der Waals surface area contributed by atoms with E-state index in [1.165, 1.54) is 22.7 Å². The van der Waals surface area contributed by atoms with Gasteiger partial charge in [-0.2, -0.15) is 0 Å². The average Bonchev–Trinajstić information content (AvgIpc) is 3.41. The van der Waals surface area contributed by atoms with Gasteiger partial charge in [-0.15, -0.1) is 11.3 Å². The first-order chi connectivity index (χ1) is 15.5. The van der Waals surface area contributed by atoms with Gasteiger partial charge in [0.15, 0.2) is 0 Å². The summed E-state index contributed by atoms with van der Waals surface area (Å²) < 4.78 is 0. The fourth-order valence-electron chi connectivity index (χ4n) is 5.23. The summed E-state index contributed by atoms with van der Waals surface area (Å²) in [6.07, 6.45) is 5.70. The Morgan fingerprint density at radius 3 is 2.75 bits per heavy atom. The minimum atomic E-state index is -0.269. The highest BCUT2D eigenvalue weighted by Crippen LogP contribution is 2.35. The van der Waals surface area contributed by atoms with Gasteiger partial charge in [-0.05, 0) is 43.7 Å². The third-order valence-corrected chi connectivity index (χ3v) is 7.60. The number of hydrogen-bond donors (Lipinski definition) is 0. The molecule has 3 aliphatic rings. The van der Waals surface area contributed by atoms with Crippen LogP contribution in [0.15, 0.2) is 29.8 Å². The van der Waals surface area contributed by atoms with Gasteiger partial charge in [0, 0.05) is 37.8 Å². The molecule has 0 radical (unpaired) electrons. The van der Waals surface area contributed by atoms with Crippen molar-refractivity contribution in [3.05, 3.63) is 45.9 Å². The quantitative estimate of drug-likeness (QED) is 0.665.